The molecule has 0 saturated carbocycles. The van der Waals surface area contributed by atoms with Crippen molar-refractivity contribution in [3.05, 3.63) is 0 Å². The molecular weight excluding hydrogens is 154 g/mol. The van der Waals surface area contributed by atoms with Crippen LogP contribution in [0.4, 0.5) is 0 Å². The Labute approximate surface area is 73.6 Å². The average molecular weight is 171 g/mol. The Kier molecular flexibility index (Phi) is 3.87. The third-order valence-corrected chi connectivity index (χ3v) is 1.96. The fourth-order valence-corrected chi connectivity index (χ4v) is 1.19. The van der Waals surface area contributed by atoms with E-state index in [0.29, 0.717) is 0 Å². The van der Waals surface area contributed by atoms with Gasteiger partial charge >= 0.3 is 0 Å². The van der Waals surface area contributed by atoms with Crippen molar-refractivity contribution in [3.63, 3.8) is 0 Å². The quantitative estimate of drug-likeness (QED) is 0.616. The predicted molar refractivity (Wildman–Crippen MR) is 48.9 cm³/mol. The first-order valence-corrected chi connectivity index (χ1v) is 4.34. The molecule has 0 aliphatic carbocycles. The number of methoxy groups -OCH3 is 1. The minimum Gasteiger partial charge on any atom is -0.385 e. The zero-order valence-electron chi connectivity index (χ0n) is 7.84. The molecule has 70 valence electrons. The second kappa shape index (κ2) is 4.98. The van der Waals surface area contributed by atoms with Crippen molar-refractivity contribution in [2.45, 2.75) is 19.3 Å². The summed E-state index contributed by atoms with van der Waals surface area (Å²) in [5.41, 5.74) is 2.95. The maximum atomic E-state index is 4.96. The maximum Gasteiger partial charge on any atom is 0.126 e. The van der Waals surface area contributed by atoms with Crippen LogP contribution in [0.15, 0.2) is 5.10 Å². The molecule has 0 amide bonds. The maximum absolute atomic E-state index is 4.96. The number of hydrogen-bond donors (Lipinski definition) is 1. The van der Waals surface area contributed by atoms with Crippen LogP contribution in [0.3, 0.4) is 0 Å². The van der Waals surface area contributed by atoms with Crippen LogP contribution in [0.1, 0.15) is 19.3 Å². The zero-order valence-corrected chi connectivity index (χ0v) is 7.84. The molecule has 4 nitrogen and oxygen atoms in total. The highest BCUT2D eigenvalue weighted by Gasteiger charge is 2.10. The molecule has 0 aromatic heterocycles. The molecule has 0 aromatic rings. The fourth-order valence-electron chi connectivity index (χ4n) is 1.19. The molecule has 0 spiro atoms. The Morgan fingerprint density at radius 1 is 1.58 bits per heavy atom. The summed E-state index contributed by atoms with van der Waals surface area (Å²) >= 11 is 0. The van der Waals surface area contributed by atoms with E-state index >= 15 is 0 Å². The minimum atomic E-state index is 0.847. The molecule has 1 rings (SSSR count). The largest absolute Gasteiger partial charge is 0.385 e. The van der Waals surface area contributed by atoms with Gasteiger partial charge in [-0.3, -0.25) is 5.43 Å². The summed E-state index contributed by atoms with van der Waals surface area (Å²) in [6.07, 6.45) is 3.31. The van der Waals surface area contributed by atoms with Crippen molar-refractivity contribution in [2.75, 3.05) is 27.4 Å². The highest BCUT2D eigenvalue weighted by Crippen LogP contribution is 2.03. The first-order valence-electron chi connectivity index (χ1n) is 4.34. The molecular formula is C8H17N3O. The van der Waals surface area contributed by atoms with Gasteiger partial charge in [-0.05, 0) is 12.8 Å². The molecule has 0 aromatic carbocycles. The van der Waals surface area contributed by atoms with Gasteiger partial charge in [0.25, 0.3) is 0 Å². The van der Waals surface area contributed by atoms with Crippen molar-refractivity contribution < 1.29 is 4.74 Å². The summed E-state index contributed by atoms with van der Waals surface area (Å²) in [5, 5.41) is 4.17. The standard InChI is InChI=1S/C8H17N3O/c1-11-7-9-10-8(11)5-3-4-6-12-2/h9H,3-7H2,1-2H3. The zero-order chi connectivity index (χ0) is 8.81. The lowest BCUT2D eigenvalue weighted by Gasteiger charge is -2.11. The van der Waals surface area contributed by atoms with Crippen LogP contribution < -0.4 is 5.43 Å². The van der Waals surface area contributed by atoms with Gasteiger partial charge in [0.1, 0.15) is 12.5 Å². The molecule has 4 heteroatoms. The number of nitrogens with one attached hydrogen (secondary N) is 1. The highest BCUT2D eigenvalue weighted by atomic mass is 16.5. The van der Waals surface area contributed by atoms with Gasteiger partial charge in [0.15, 0.2) is 0 Å². The van der Waals surface area contributed by atoms with Crippen LogP contribution >= 0.6 is 0 Å². The van der Waals surface area contributed by atoms with Crippen molar-refractivity contribution in [3.8, 4) is 0 Å². The molecule has 0 saturated heterocycles. The number of ether oxygens (including phenoxy) is 1. The van der Waals surface area contributed by atoms with Crippen LogP contribution in [0.2, 0.25) is 0 Å². The number of hydrogen-bond acceptors (Lipinski definition) is 4. The van der Waals surface area contributed by atoms with Crippen LogP contribution in [0.5, 0.6) is 0 Å². The van der Waals surface area contributed by atoms with Crippen molar-refractivity contribution >= 4 is 5.84 Å². The SMILES string of the molecule is COCCCCC1=NNCN1C. The molecule has 1 aliphatic heterocycles. The van der Waals surface area contributed by atoms with E-state index in [1.165, 1.54) is 0 Å². The Morgan fingerprint density at radius 2 is 2.42 bits per heavy atom. The lowest BCUT2D eigenvalue weighted by molar-refractivity contribution is 0.193. The molecule has 0 fully saturated rings. The van der Waals surface area contributed by atoms with E-state index < -0.39 is 0 Å². The smallest absolute Gasteiger partial charge is 0.126 e. The lowest BCUT2D eigenvalue weighted by Crippen LogP contribution is -2.24. The number of unbranched alkanes of at least 4 members (excludes halogenated alkanes) is 1. The summed E-state index contributed by atoms with van der Waals surface area (Å²) < 4.78 is 4.96. The molecule has 12 heavy (non-hydrogen) atoms. The topological polar surface area (TPSA) is 36.9 Å². The Morgan fingerprint density at radius 3 is 3.00 bits per heavy atom. The summed E-state index contributed by atoms with van der Waals surface area (Å²) in [4.78, 5) is 2.13. The van der Waals surface area contributed by atoms with Crippen molar-refractivity contribution in [2.24, 2.45) is 5.10 Å². The van der Waals surface area contributed by atoms with E-state index in [0.717, 1.165) is 38.4 Å². The highest BCUT2D eigenvalue weighted by molar-refractivity contribution is 5.82. The van der Waals surface area contributed by atoms with Crippen LogP contribution in [0, 0.1) is 0 Å². The Balaban J connectivity index is 2.06. The van der Waals surface area contributed by atoms with E-state index in [-0.39, 0.29) is 0 Å². The predicted octanol–water partition coefficient (Wildman–Crippen LogP) is 0.609. The van der Waals surface area contributed by atoms with Gasteiger partial charge in [-0.15, -0.1) is 0 Å². The third-order valence-electron chi connectivity index (χ3n) is 1.96. The van der Waals surface area contributed by atoms with E-state index in [1.54, 1.807) is 7.11 Å². The van der Waals surface area contributed by atoms with Gasteiger partial charge in [-0.2, -0.15) is 5.10 Å². The van der Waals surface area contributed by atoms with Crippen molar-refractivity contribution in [1.82, 2.24) is 10.3 Å². The lowest BCUT2D eigenvalue weighted by atomic mass is 10.2. The van der Waals surface area contributed by atoms with Crippen LogP contribution in [-0.4, -0.2) is 38.2 Å². The monoisotopic (exact) mass is 171 g/mol. The van der Waals surface area contributed by atoms with Gasteiger partial charge in [0.05, 0.1) is 0 Å². The van der Waals surface area contributed by atoms with Crippen LogP contribution in [0.25, 0.3) is 0 Å². The summed E-state index contributed by atoms with van der Waals surface area (Å²) in [6, 6.07) is 0. The number of nitrogens with zero attached hydrogens (tertiary/aromatic N) is 2. The molecule has 0 bridgehead atoms. The molecule has 1 heterocycles. The Bertz CT molecular complexity index is 158. The van der Waals surface area contributed by atoms with Crippen molar-refractivity contribution in [1.29, 1.82) is 0 Å². The van der Waals surface area contributed by atoms with E-state index in [9.17, 15) is 0 Å². The molecule has 1 aliphatic rings. The first-order chi connectivity index (χ1) is 5.84. The normalized spacial score (nSPS) is 16.2. The summed E-state index contributed by atoms with van der Waals surface area (Å²) in [7, 11) is 3.79. The summed E-state index contributed by atoms with van der Waals surface area (Å²) in [5.74, 6) is 1.16. The van der Waals surface area contributed by atoms with Gasteiger partial charge in [0.2, 0.25) is 0 Å². The fraction of sp³-hybridized carbons (Fsp3) is 0.875. The number of rotatable bonds is 5. The third kappa shape index (κ3) is 2.70. The second-order valence-electron chi connectivity index (χ2n) is 2.99. The van der Waals surface area contributed by atoms with E-state index in [1.807, 2.05) is 0 Å². The van der Waals surface area contributed by atoms with Crippen LogP contribution in [-0.2, 0) is 4.74 Å². The molecule has 1 N–H and O–H groups in total. The van der Waals surface area contributed by atoms with Gasteiger partial charge in [0, 0.05) is 27.2 Å². The molecule has 0 radical (unpaired) electrons. The van der Waals surface area contributed by atoms with E-state index in [4.69, 9.17) is 4.74 Å². The first kappa shape index (κ1) is 9.32. The van der Waals surface area contributed by atoms with Gasteiger partial charge in [-0.25, -0.2) is 0 Å². The number of amidine groups is 1. The van der Waals surface area contributed by atoms with Gasteiger partial charge < -0.3 is 9.64 Å². The summed E-state index contributed by atoms with van der Waals surface area (Å²) in [6.45, 7) is 1.70. The molecule has 0 atom stereocenters. The van der Waals surface area contributed by atoms with E-state index in [2.05, 4.69) is 22.5 Å². The number of hydrazone groups is 1. The molecule has 0 unspecified atom stereocenters. The second-order valence-corrected chi connectivity index (χ2v) is 2.99. The average Bonchev–Trinajstić information content (AvgIpc) is 2.46. The van der Waals surface area contributed by atoms with Gasteiger partial charge in [-0.1, -0.05) is 0 Å². The minimum absolute atomic E-state index is 0.847. The Hall–Kier alpha value is -0.770.